The summed E-state index contributed by atoms with van der Waals surface area (Å²) in [6, 6.07) is 16.3. The molecule has 0 spiro atoms. The van der Waals surface area contributed by atoms with Gasteiger partial charge >= 0.3 is 12.1 Å². The fraction of sp³-hybridized carbons (Fsp3) is 0.308. The van der Waals surface area contributed by atoms with E-state index >= 15 is 0 Å². The van der Waals surface area contributed by atoms with Crippen LogP contribution in [0.15, 0.2) is 54.7 Å². The van der Waals surface area contributed by atoms with Gasteiger partial charge in [-0.1, -0.05) is 55.5 Å². The molecule has 2 N–H and O–H groups in total. The number of ether oxygens (including phenoxy) is 1. The molecular formula is C26H27N3O5S. The Hall–Kier alpha value is -3.72. The minimum Gasteiger partial charge on any atom is -0.480 e. The summed E-state index contributed by atoms with van der Waals surface area (Å²) in [5.74, 6) is -1.27. The summed E-state index contributed by atoms with van der Waals surface area (Å²) >= 11 is 1.27. The number of aryl methyl sites for hydroxylation is 1. The van der Waals surface area contributed by atoms with Crippen LogP contribution in [0.4, 0.5) is 9.93 Å². The average molecular weight is 494 g/mol. The Bertz CT molecular complexity index is 1180. The first-order valence-electron chi connectivity index (χ1n) is 11.5. The smallest absolute Gasteiger partial charge is 0.413 e. The Kier molecular flexibility index (Phi) is 7.77. The number of hydrogen-bond acceptors (Lipinski definition) is 6. The zero-order valence-electron chi connectivity index (χ0n) is 19.4. The van der Waals surface area contributed by atoms with Crippen molar-refractivity contribution in [2.45, 2.75) is 32.1 Å². The molecule has 0 radical (unpaired) electrons. The number of thiazole rings is 1. The van der Waals surface area contributed by atoms with Crippen LogP contribution in [0.1, 0.15) is 41.7 Å². The van der Waals surface area contributed by atoms with Gasteiger partial charge in [0.05, 0.1) is 0 Å². The number of carboxylic acid groups (broad SMARTS) is 1. The van der Waals surface area contributed by atoms with Crippen molar-refractivity contribution in [1.29, 1.82) is 0 Å². The van der Waals surface area contributed by atoms with Crippen molar-refractivity contribution in [3.63, 3.8) is 0 Å². The van der Waals surface area contributed by atoms with E-state index in [1.807, 2.05) is 31.2 Å². The van der Waals surface area contributed by atoms with E-state index in [4.69, 9.17) is 9.84 Å². The van der Waals surface area contributed by atoms with E-state index < -0.39 is 12.1 Å². The maximum absolute atomic E-state index is 12.4. The van der Waals surface area contributed by atoms with Crippen LogP contribution in [-0.2, 0) is 20.7 Å². The van der Waals surface area contributed by atoms with Crippen molar-refractivity contribution in [2.24, 2.45) is 0 Å². The summed E-state index contributed by atoms with van der Waals surface area (Å²) in [5, 5.41) is 12.0. The number of carbonyl (C=O) groups is 3. The first kappa shape index (κ1) is 24.4. The third-order valence-corrected chi connectivity index (χ3v) is 6.84. The fourth-order valence-electron chi connectivity index (χ4n) is 4.32. The molecule has 0 unspecified atom stereocenters. The van der Waals surface area contributed by atoms with Gasteiger partial charge in [-0.2, -0.15) is 0 Å². The lowest BCUT2D eigenvalue weighted by atomic mass is 9.98. The Morgan fingerprint density at radius 2 is 1.74 bits per heavy atom. The lowest BCUT2D eigenvalue weighted by molar-refractivity contribution is -0.144. The standard InChI is InChI=1S/C26H27N3O5S/c1-2-13-29(15-24(31)32)23(30)12-11-17-14-27-25(35-17)28-26(33)34-16-22-20-9-5-3-7-18(20)19-8-4-6-10-21(19)22/h3-10,14,22H,2,11-13,15-16H2,1H3,(H,31,32)(H,27,28,33). The van der Waals surface area contributed by atoms with E-state index in [-0.39, 0.29) is 31.4 Å². The highest BCUT2D eigenvalue weighted by atomic mass is 32.1. The van der Waals surface area contributed by atoms with Crippen molar-refractivity contribution >= 4 is 34.4 Å². The van der Waals surface area contributed by atoms with Gasteiger partial charge in [0, 0.05) is 30.0 Å². The highest BCUT2D eigenvalue weighted by Gasteiger charge is 2.29. The number of carbonyl (C=O) groups excluding carboxylic acids is 2. The molecule has 0 saturated heterocycles. The molecule has 9 heteroatoms. The van der Waals surface area contributed by atoms with Gasteiger partial charge in [0.1, 0.15) is 13.2 Å². The van der Waals surface area contributed by atoms with Crippen molar-refractivity contribution in [2.75, 3.05) is 25.0 Å². The summed E-state index contributed by atoms with van der Waals surface area (Å²) in [6.45, 7) is 2.21. The second-order valence-electron chi connectivity index (χ2n) is 8.29. The van der Waals surface area contributed by atoms with Gasteiger partial charge < -0.3 is 14.7 Å². The van der Waals surface area contributed by atoms with Crippen LogP contribution in [0, 0.1) is 0 Å². The summed E-state index contributed by atoms with van der Waals surface area (Å²) in [7, 11) is 0. The SMILES string of the molecule is CCCN(CC(=O)O)C(=O)CCc1cnc(NC(=O)OCC2c3ccccc3-c3ccccc32)s1. The van der Waals surface area contributed by atoms with Gasteiger partial charge in [-0.05, 0) is 35.1 Å². The third-order valence-electron chi connectivity index (χ3n) is 5.86. The first-order chi connectivity index (χ1) is 17.0. The molecule has 1 aliphatic carbocycles. The van der Waals surface area contributed by atoms with E-state index in [0.29, 0.717) is 24.5 Å². The summed E-state index contributed by atoms with van der Waals surface area (Å²) < 4.78 is 5.55. The van der Waals surface area contributed by atoms with Gasteiger partial charge in [-0.25, -0.2) is 9.78 Å². The van der Waals surface area contributed by atoms with Crippen LogP contribution >= 0.6 is 11.3 Å². The van der Waals surface area contributed by atoms with Gasteiger partial charge in [-0.15, -0.1) is 11.3 Å². The molecule has 0 fully saturated rings. The lowest BCUT2D eigenvalue weighted by Gasteiger charge is -2.19. The Morgan fingerprint density at radius 1 is 1.09 bits per heavy atom. The molecule has 0 saturated carbocycles. The predicted octanol–water partition coefficient (Wildman–Crippen LogP) is 4.76. The number of benzene rings is 2. The van der Waals surface area contributed by atoms with Crippen molar-refractivity contribution < 1.29 is 24.2 Å². The molecule has 1 aliphatic rings. The van der Waals surface area contributed by atoms with Gasteiger partial charge in [0.15, 0.2) is 5.13 Å². The second kappa shape index (κ2) is 11.1. The molecule has 1 heterocycles. The van der Waals surface area contributed by atoms with Crippen molar-refractivity contribution in [1.82, 2.24) is 9.88 Å². The second-order valence-corrected chi connectivity index (χ2v) is 9.41. The lowest BCUT2D eigenvalue weighted by Crippen LogP contribution is -2.36. The topological polar surface area (TPSA) is 109 Å². The van der Waals surface area contributed by atoms with Gasteiger partial charge in [0.25, 0.3) is 0 Å². The van der Waals surface area contributed by atoms with E-state index in [1.165, 1.54) is 16.2 Å². The van der Waals surface area contributed by atoms with Crippen molar-refractivity contribution in [3.8, 4) is 11.1 Å². The average Bonchev–Trinajstić information content (AvgIpc) is 3.42. The minimum absolute atomic E-state index is 0.0251. The molecule has 3 aromatic rings. The molecule has 182 valence electrons. The molecule has 2 aromatic carbocycles. The Morgan fingerprint density at radius 3 is 2.37 bits per heavy atom. The maximum atomic E-state index is 12.4. The number of carboxylic acids is 1. The number of anilines is 1. The normalized spacial score (nSPS) is 12.0. The molecule has 8 nitrogen and oxygen atoms in total. The Balaban J connectivity index is 1.30. The third kappa shape index (κ3) is 5.86. The number of nitrogens with zero attached hydrogens (tertiary/aromatic N) is 2. The van der Waals surface area contributed by atoms with Gasteiger partial charge in [0.2, 0.25) is 5.91 Å². The van der Waals surface area contributed by atoms with E-state index in [9.17, 15) is 14.4 Å². The van der Waals surface area contributed by atoms with Crippen LogP contribution in [0.25, 0.3) is 11.1 Å². The quantitative estimate of drug-likeness (QED) is 0.422. The van der Waals surface area contributed by atoms with E-state index in [2.05, 4.69) is 34.6 Å². The van der Waals surface area contributed by atoms with Crippen LogP contribution < -0.4 is 5.32 Å². The zero-order valence-corrected chi connectivity index (χ0v) is 20.2. The fourth-order valence-corrected chi connectivity index (χ4v) is 5.11. The first-order valence-corrected chi connectivity index (χ1v) is 12.3. The van der Waals surface area contributed by atoms with Crippen molar-refractivity contribution in [3.05, 3.63) is 70.7 Å². The largest absolute Gasteiger partial charge is 0.480 e. The van der Waals surface area contributed by atoms with Crippen LogP contribution in [-0.4, -0.2) is 52.7 Å². The highest BCUT2D eigenvalue weighted by molar-refractivity contribution is 7.15. The van der Waals surface area contributed by atoms with E-state index in [0.717, 1.165) is 27.1 Å². The summed E-state index contributed by atoms with van der Waals surface area (Å²) in [6.07, 6.45) is 2.31. The number of amides is 2. The van der Waals surface area contributed by atoms with Crippen LogP contribution in [0.2, 0.25) is 0 Å². The maximum Gasteiger partial charge on any atom is 0.413 e. The zero-order chi connectivity index (χ0) is 24.8. The number of aliphatic carboxylic acids is 1. The molecule has 35 heavy (non-hydrogen) atoms. The molecule has 1 aromatic heterocycles. The van der Waals surface area contributed by atoms with E-state index in [1.54, 1.807) is 6.20 Å². The van der Waals surface area contributed by atoms with Gasteiger partial charge in [-0.3, -0.25) is 14.9 Å². The molecule has 0 bridgehead atoms. The monoisotopic (exact) mass is 493 g/mol. The molecule has 4 rings (SSSR count). The Labute approximate surface area is 207 Å². The minimum atomic E-state index is -1.03. The molecule has 0 atom stereocenters. The summed E-state index contributed by atoms with van der Waals surface area (Å²) in [5.41, 5.74) is 4.61. The number of nitrogens with one attached hydrogen (secondary N) is 1. The molecule has 2 amide bonds. The predicted molar refractivity (Wildman–Crippen MR) is 134 cm³/mol. The molecular weight excluding hydrogens is 466 g/mol. The van der Waals surface area contributed by atoms with Crippen LogP contribution in [0.5, 0.6) is 0 Å². The number of hydrogen-bond donors (Lipinski definition) is 2. The highest BCUT2D eigenvalue weighted by Crippen LogP contribution is 2.44. The summed E-state index contributed by atoms with van der Waals surface area (Å²) in [4.78, 5) is 42.2. The number of aromatic nitrogens is 1. The molecule has 0 aliphatic heterocycles. The number of rotatable bonds is 10. The van der Waals surface area contributed by atoms with Crippen LogP contribution in [0.3, 0.4) is 0 Å². The number of fused-ring (bicyclic) bond motifs is 3.